The van der Waals surface area contributed by atoms with Crippen LogP contribution in [0.3, 0.4) is 0 Å². The van der Waals surface area contributed by atoms with E-state index in [2.05, 4.69) is 4.74 Å². The monoisotopic (exact) mass is 224 g/mol. The normalized spacial score (nSPS) is 10.6. The SMILES string of the molecule is COC(=O)C=Cc1sc(C(C)=O)cc1C. The summed E-state index contributed by atoms with van der Waals surface area (Å²) in [4.78, 5) is 23.6. The van der Waals surface area contributed by atoms with Crippen LogP contribution in [0.25, 0.3) is 6.08 Å². The van der Waals surface area contributed by atoms with Gasteiger partial charge in [0.25, 0.3) is 0 Å². The number of ketones is 1. The van der Waals surface area contributed by atoms with Crippen LogP contribution in [0.5, 0.6) is 0 Å². The number of aryl methyl sites for hydroxylation is 1. The Labute approximate surface area is 92.4 Å². The van der Waals surface area contributed by atoms with E-state index in [9.17, 15) is 9.59 Å². The molecule has 0 aromatic carbocycles. The molecule has 0 atom stereocenters. The molecule has 0 bridgehead atoms. The van der Waals surface area contributed by atoms with Gasteiger partial charge < -0.3 is 4.74 Å². The second kappa shape index (κ2) is 4.89. The van der Waals surface area contributed by atoms with Crippen LogP contribution in [0, 0.1) is 6.92 Å². The van der Waals surface area contributed by atoms with Crippen molar-refractivity contribution in [3.8, 4) is 0 Å². The summed E-state index contributed by atoms with van der Waals surface area (Å²) in [6, 6.07) is 1.82. The van der Waals surface area contributed by atoms with Crippen molar-refractivity contribution in [2.24, 2.45) is 0 Å². The number of Topliss-reactive ketones (excluding diaryl/α,β-unsaturated/α-hetero) is 1. The van der Waals surface area contributed by atoms with Gasteiger partial charge in [-0.3, -0.25) is 4.79 Å². The minimum atomic E-state index is -0.396. The molecule has 0 amide bonds. The third-order valence-corrected chi connectivity index (χ3v) is 3.18. The minimum Gasteiger partial charge on any atom is -0.466 e. The lowest BCUT2D eigenvalue weighted by atomic mass is 10.2. The topological polar surface area (TPSA) is 43.4 Å². The van der Waals surface area contributed by atoms with Gasteiger partial charge >= 0.3 is 5.97 Å². The summed E-state index contributed by atoms with van der Waals surface area (Å²) < 4.78 is 4.48. The van der Waals surface area contributed by atoms with E-state index in [0.717, 1.165) is 10.4 Å². The summed E-state index contributed by atoms with van der Waals surface area (Å²) in [6.07, 6.45) is 3.01. The van der Waals surface area contributed by atoms with E-state index in [0.29, 0.717) is 4.88 Å². The molecule has 4 heteroatoms. The van der Waals surface area contributed by atoms with Crippen molar-refractivity contribution in [1.29, 1.82) is 0 Å². The Balaban J connectivity index is 2.91. The zero-order valence-electron chi connectivity index (χ0n) is 8.87. The highest BCUT2D eigenvalue weighted by Gasteiger charge is 2.06. The number of ether oxygens (including phenoxy) is 1. The maximum atomic E-state index is 11.1. The summed E-state index contributed by atoms with van der Waals surface area (Å²) in [5, 5.41) is 0. The lowest BCUT2D eigenvalue weighted by molar-refractivity contribution is -0.134. The van der Waals surface area contributed by atoms with E-state index >= 15 is 0 Å². The summed E-state index contributed by atoms with van der Waals surface area (Å²) in [7, 11) is 1.33. The van der Waals surface area contributed by atoms with Gasteiger partial charge in [0.05, 0.1) is 12.0 Å². The van der Waals surface area contributed by atoms with Crippen LogP contribution in [-0.2, 0) is 9.53 Å². The molecule has 0 saturated heterocycles. The van der Waals surface area contributed by atoms with Crippen LogP contribution in [0.2, 0.25) is 0 Å². The number of carbonyl (C=O) groups is 2. The van der Waals surface area contributed by atoms with Crippen LogP contribution in [-0.4, -0.2) is 18.9 Å². The van der Waals surface area contributed by atoms with Gasteiger partial charge in [-0.2, -0.15) is 0 Å². The largest absolute Gasteiger partial charge is 0.466 e. The second-order valence-corrected chi connectivity index (χ2v) is 4.15. The number of esters is 1. The molecule has 0 N–H and O–H groups in total. The quantitative estimate of drug-likeness (QED) is 0.450. The molecule has 1 aromatic heterocycles. The molecule has 0 aliphatic rings. The fraction of sp³-hybridized carbons (Fsp3) is 0.273. The Morgan fingerprint density at radius 2 is 2.13 bits per heavy atom. The van der Waals surface area contributed by atoms with Gasteiger partial charge in [0, 0.05) is 11.0 Å². The molecule has 1 aromatic rings. The number of thiophene rings is 1. The van der Waals surface area contributed by atoms with Crippen molar-refractivity contribution in [3.63, 3.8) is 0 Å². The van der Waals surface area contributed by atoms with E-state index in [1.165, 1.54) is 31.4 Å². The van der Waals surface area contributed by atoms with Gasteiger partial charge in [-0.15, -0.1) is 11.3 Å². The van der Waals surface area contributed by atoms with Crippen molar-refractivity contribution in [1.82, 2.24) is 0 Å². The molecule has 0 spiro atoms. The number of hydrogen-bond acceptors (Lipinski definition) is 4. The Morgan fingerprint density at radius 1 is 1.47 bits per heavy atom. The van der Waals surface area contributed by atoms with Gasteiger partial charge in [0.2, 0.25) is 0 Å². The molecule has 1 rings (SSSR count). The van der Waals surface area contributed by atoms with Crippen molar-refractivity contribution >= 4 is 29.2 Å². The Hall–Kier alpha value is -1.42. The molecular formula is C11H12O3S. The Morgan fingerprint density at radius 3 is 2.60 bits per heavy atom. The first-order chi connectivity index (χ1) is 7.04. The van der Waals surface area contributed by atoms with E-state index in [4.69, 9.17) is 0 Å². The van der Waals surface area contributed by atoms with Crippen LogP contribution in [0.1, 0.15) is 27.0 Å². The van der Waals surface area contributed by atoms with Crippen molar-refractivity contribution in [2.45, 2.75) is 13.8 Å². The fourth-order valence-electron chi connectivity index (χ4n) is 1.05. The predicted molar refractivity (Wildman–Crippen MR) is 60.1 cm³/mol. The van der Waals surface area contributed by atoms with E-state index in [-0.39, 0.29) is 5.78 Å². The van der Waals surface area contributed by atoms with Gasteiger partial charge in [-0.05, 0) is 31.6 Å². The first-order valence-corrected chi connectivity index (χ1v) is 5.23. The van der Waals surface area contributed by atoms with Crippen LogP contribution < -0.4 is 0 Å². The maximum Gasteiger partial charge on any atom is 0.330 e. The standard InChI is InChI=1S/C11H12O3S/c1-7-6-10(8(2)12)15-9(7)4-5-11(13)14-3/h4-6H,1-3H3. The van der Waals surface area contributed by atoms with E-state index in [1.807, 2.05) is 13.0 Å². The molecule has 80 valence electrons. The smallest absolute Gasteiger partial charge is 0.330 e. The number of hydrogen-bond donors (Lipinski definition) is 0. The zero-order valence-corrected chi connectivity index (χ0v) is 9.68. The number of methoxy groups -OCH3 is 1. The van der Waals surface area contributed by atoms with E-state index in [1.54, 1.807) is 6.08 Å². The van der Waals surface area contributed by atoms with Crippen molar-refractivity contribution < 1.29 is 14.3 Å². The average Bonchev–Trinajstić information content (AvgIpc) is 2.56. The average molecular weight is 224 g/mol. The molecule has 0 unspecified atom stereocenters. The van der Waals surface area contributed by atoms with Gasteiger partial charge in [-0.25, -0.2) is 4.79 Å². The molecule has 3 nitrogen and oxygen atoms in total. The molecule has 0 saturated carbocycles. The zero-order chi connectivity index (χ0) is 11.4. The predicted octanol–water partition coefficient (Wildman–Crippen LogP) is 2.45. The molecule has 0 aliphatic carbocycles. The summed E-state index contributed by atoms with van der Waals surface area (Å²) in [6.45, 7) is 3.43. The van der Waals surface area contributed by atoms with Crippen LogP contribution in [0.4, 0.5) is 0 Å². The summed E-state index contributed by atoms with van der Waals surface area (Å²) >= 11 is 1.38. The first kappa shape index (κ1) is 11.7. The molecule has 0 radical (unpaired) electrons. The summed E-state index contributed by atoms with van der Waals surface area (Å²) in [5.41, 5.74) is 0.991. The van der Waals surface area contributed by atoms with Crippen LogP contribution >= 0.6 is 11.3 Å². The fourth-order valence-corrected chi connectivity index (χ4v) is 2.02. The molecular weight excluding hydrogens is 212 g/mol. The highest BCUT2D eigenvalue weighted by molar-refractivity contribution is 7.15. The van der Waals surface area contributed by atoms with Crippen molar-refractivity contribution in [2.75, 3.05) is 7.11 Å². The highest BCUT2D eigenvalue weighted by Crippen LogP contribution is 2.23. The third kappa shape index (κ3) is 3.02. The Bertz CT molecular complexity index is 415. The van der Waals surface area contributed by atoms with Gasteiger partial charge in [0.15, 0.2) is 5.78 Å². The molecule has 1 heterocycles. The van der Waals surface area contributed by atoms with Gasteiger partial charge in [0.1, 0.15) is 0 Å². The third-order valence-electron chi connectivity index (χ3n) is 1.88. The molecule has 0 fully saturated rings. The lowest BCUT2D eigenvalue weighted by Crippen LogP contribution is -1.92. The van der Waals surface area contributed by atoms with Gasteiger partial charge in [-0.1, -0.05) is 0 Å². The number of rotatable bonds is 3. The number of carbonyl (C=O) groups excluding carboxylic acids is 2. The highest BCUT2D eigenvalue weighted by atomic mass is 32.1. The van der Waals surface area contributed by atoms with Crippen molar-refractivity contribution in [3.05, 3.63) is 27.5 Å². The lowest BCUT2D eigenvalue weighted by Gasteiger charge is -1.90. The first-order valence-electron chi connectivity index (χ1n) is 4.42. The minimum absolute atomic E-state index is 0.0424. The summed E-state index contributed by atoms with van der Waals surface area (Å²) in [5.74, 6) is -0.354. The van der Waals surface area contributed by atoms with Crippen LogP contribution in [0.15, 0.2) is 12.1 Å². The van der Waals surface area contributed by atoms with E-state index < -0.39 is 5.97 Å². The molecule has 15 heavy (non-hydrogen) atoms. The second-order valence-electron chi connectivity index (χ2n) is 3.07. The molecule has 0 aliphatic heterocycles. The Kier molecular flexibility index (Phi) is 3.80. The maximum absolute atomic E-state index is 11.1.